The van der Waals surface area contributed by atoms with Crippen molar-refractivity contribution in [2.45, 2.75) is 26.0 Å². The van der Waals surface area contributed by atoms with Gasteiger partial charge in [-0.25, -0.2) is 0 Å². The minimum atomic E-state index is -0.217. The largest absolute Gasteiger partial charge is 0.361 e. The lowest BCUT2D eigenvalue weighted by Gasteiger charge is -2.32. The van der Waals surface area contributed by atoms with Crippen LogP contribution in [0.5, 0.6) is 0 Å². The van der Waals surface area contributed by atoms with E-state index in [-0.39, 0.29) is 6.10 Å². The number of hydrogen-bond donors (Lipinski definition) is 0. The molecule has 0 amide bonds. The van der Waals surface area contributed by atoms with E-state index in [9.17, 15) is 0 Å². The topological polar surface area (TPSA) is 36.3 Å². The van der Waals surface area contributed by atoms with Crippen LogP contribution in [-0.2, 0) is 4.74 Å². The lowest BCUT2D eigenvalue weighted by Crippen LogP contribution is -2.45. The maximum Gasteiger partial charge on any atom is 0.156 e. The highest BCUT2D eigenvalue weighted by molar-refractivity contribution is 4.89. The molecule has 62 valence electrons. The smallest absolute Gasteiger partial charge is 0.156 e. The predicted octanol–water partition coefficient (Wildman–Crippen LogP) is 0.619. The van der Waals surface area contributed by atoms with Crippen LogP contribution in [0.1, 0.15) is 13.8 Å². The molecule has 1 atom stereocenters. The molecule has 3 nitrogen and oxygen atoms in total. The third-order valence-corrected chi connectivity index (χ3v) is 1.97. The number of hydrogen-bond acceptors (Lipinski definition) is 3. The number of nitrogens with zero attached hydrogens (tertiary/aromatic N) is 2. The van der Waals surface area contributed by atoms with Crippen molar-refractivity contribution in [1.82, 2.24) is 4.90 Å². The van der Waals surface area contributed by atoms with Crippen molar-refractivity contribution in [3.8, 4) is 6.07 Å². The summed E-state index contributed by atoms with van der Waals surface area (Å²) in [6.45, 7) is 6.68. The van der Waals surface area contributed by atoms with Crippen LogP contribution in [0, 0.1) is 11.3 Å². The summed E-state index contributed by atoms with van der Waals surface area (Å²) in [7, 11) is 0. The van der Waals surface area contributed by atoms with E-state index in [1.165, 1.54) is 0 Å². The minimum absolute atomic E-state index is 0.217. The molecule has 1 rings (SSSR count). The molecule has 0 aromatic carbocycles. The van der Waals surface area contributed by atoms with Crippen LogP contribution in [0.4, 0.5) is 0 Å². The molecule has 1 aliphatic rings. The number of nitriles is 1. The van der Waals surface area contributed by atoms with Gasteiger partial charge in [-0.3, -0.25) is 4.90 Å². The van der Waals surface area contributed by atoms with Gasteiger partial charge in [-0.05, 0) is 13.8 Å². The molecule has 0 aliphatic carbocycles. The van der Waals surface area contributed by atoms with E-state index in [1.807, 2.05) is 0 Å². The Bertz CT molecular complexity index is 162. The quantitative estimate of drug-likeness (QED) is 0.555. The van der Waals surface area contributed by atoms with E-state index in [2.05, 4.69) is 24.8 Å². The van der Waals surface area contributed by atoms with Crippen LogP contribution in [0.3, 0.4) is 0 Å². The predicted molar refractivity (Wildman–Crippen MR) is 42.1 cm³/mol. The van der Waals surface area contributed by atoms with E-state index in [1.54, 1.807) is 0 Å². The lowest BCUT2D eigenvalue weighted by molar-refractivity contribution is -0.0112. The van der Waals surface area contributed by atoms with Crippen molar-refractivity contribution in [2.75, 3.05) is 19.7 Å². The van der Waals surface area contributed by atoms with Gasteiger partial charge in [0, 0.05) is 19.1 Å². The van der Waals surface area contributed by atoms with E-state index in [0.29, 0.717) is 12.6 Å². The summed E-state index contributed by atoms with van der Waals surface area (Å²) in [5.41, 5.74) is 0. The summed E-state index contributed by atoms with van der Waals surface area (Å²) < 4.78 is 5.20. The highest BCUT2D eigenvalue weighted by Crippen LogP contribution is 2.07. The zero-order chi connectivity index (χ0) is 8.27. The fourth-order valence-corrected chi connectivity index (χ4v) is 1.22. The normalized spacial score (nSPS) is 26.9. The van der Waals surface area contributed by atoms with Crippen LogP contribution in [0.2, 0.25) is 0 Å². The molecule has 0 spiro atoms. The van der Waals surface area contributed by atoms with Gasteiger partial charge >= 0.3 is 0 Å². The maximum absolute atomic E-state index is 8.59. The highest BCUT2D eigenvalue weighted by atomic mass is 16.5. The van der Waals surface area contributed by atoms with Crippen molar-refractivity contribution in [3.63, 3.8) is 0 Å². The molecular formula is C8H14N2O. The van der Waals surface area contributed by atoms with Crippen LogP contribution in [-0.4, -0.2) is 36.7 Å². The average molecular weight is 154 g/mol. The molecule has 11 heavy (non-hydrogen) atoms. The molecule has 0 aromatic heterocycles. The Hall–Kier alpha value is -0.590. The minimum Gasteiger partial charge on any atom is -0.361 e. The number of rotatable bonds is 1. The summed E-state index contributed by atoms with van der Waals surface area (Å²) in [4.78, 5) is 2.26. The lowest BCUT2D eigenvalue weighted by atomic mass is 10.2. The van der Waals surface area contributed by atoms with Crippen molar-refractivity contribution in [1.29, 1.82) is 5.26 Å². The van der Waals surface area contributed by atoms with Crippen molar-refractivity contribution >= 4 is 0 Å². The Morgan fingerprint density at radius 3 is 2.91 bits per heavy atom. The first-order valence-electron chi connectivity index (χ1n) is 3.99. The van der Waals surface area contributed by atoms with Crippen LogP contribution in [0.15, 0.2) is 0 Å². The summed E-state index contributed by atoms with van der Waals surface area (Å²) >= 11 is 0. The van der Waals surface area contributed by atoms with Crippen molar-refractivity contribution in [2.24, 2.45) is 0 Å². The summed E-state index contributed by atoms with van der Waals surface area (Å²) in [6, 6.07) is 2.65. The molecule has 3 heteroatoms. The van der Waals surface area contributed by atoms with E-state index < -0.39 is 0 Å². The molecule has 1 heterocycles. The Morgan fingerprint density at radius 1 is 1.64 bits per heavy atom. The average Bonchev–Trinajstić information content (AvgIpc) is 2.05. The molecule has 0 saturated carbocycles. The van der Waals surface area contributed by atoms with Gasteiger partial charge in [0.15, 0.2) is 6.10 Å². The molecule has 0 aromatic rings. The van der Waals surface area contributed by atoms with Gasteiger partial charge in [0.1, 0.15) is 0 Å². The van der Waals surface area contributed by atoms with Crippen molar-refractivity contribution in [3.05, 3.63) is 0 Å². The Labute approximate surface area is 67.6 Å². The van der Waals surface area contributed by atoms with Gasteiger partial charge in [-0.15, -0.1) is 0 Å². The van der Waals surface area contributed by atoms with E-state index >= 15 is 0 Å². The highest BCUT2D eigenvalue weighted by Gasteiger charge is 2.21. The monoisotopic (exact) mass is 154 g/mol. The molecule has 1 aliphatic heterocycles. The SMILES string of the molecule is CC(C)N1CCOC(C#N)C1. The fourth-order valence-electron chi connectivity index (χ4n) is 1.22. The molecular weight excluding hydrogens is 140 g/mol. The third-order valence-electron chi connectivity index (χ3n) is 1.97. The zero-order valence-corrected chi connectivity index (χ0v) is 7.08. The fraction of sp³-hybridized carbons (Fsp3) is 0.875. The number of morpholine rings is 1. The molecule has 0 bridgehead atoms. The van der Waals surface area contributed by atoms with Gasteiger partial charge in [-0.1, -0.05) is 0 Å². The van der Waals surface area contributed by atoms with Crippen molar-refractivity contribution < 1.29 is 4.74 Å². The first kappa shape index (κ1) is 8.51. The number of ether oxygens (including phenoxy) is 1. The Morgan fingerprint density at radius 2 is 2.36 bits per heavy atom. The second-order valence-corrected chi connectivity index (χ2v) is 3.08. The van der Waals surface area contributed by atoms with Gasteiger partial charge in [0.05, 0.1) is 12.7 Å². The third kappa shape index (κ3) is 2.18. The van der Waals surface area contributed by atoms with Gasteiger partial charge in [-0.2, -0.15) is 5.26 Å². The summed E-state index contributed by atoms with van der Waals surface area (Å²) in [6.07, 6.45) is -0.217. The van der Waals surface area contributed by atoms with Crippen LogP contribution >= 0.6 is 0 Å². The Kier molecular flexibility index (Phi) is 2.86. The van der Waals surface area contributed by atoms with Gasteiger partial charge < -0.3 is 4.74 Å². The first-order chi connectivity index (χ1) is 5.24. The first-order valence-corrected chi connectivity index (χ1v) is 3.99. The molecule has 1 unspecified atom stereocenters. The Balaban J connectivity index is 2.41. The molecule has 1 saturated heterocycles. The molecule has 0 N–H and O–H groups in total. The van der Waals surface area contributed by atoms with Gasteiger partial charge in [0.25, 0.3) is 0 Å². The van der Waals surface area contributed by atoms with E-state index in [0.717, 1.165) is 13.1 Å². The van der Waals surface area contributed by atoms with E-state index in [4.69, 9.17) is 10.00 Å². The second-order valence-electron chi connectivity index (χ2n) is 3.08. The van der Waals surface area contributed by atoms with Crippen LogP contribution < -0.4 is 0 Å². The summed E-state index contributed by atoms with van der Waals surface area (Å²) in [5.74, 6) is 0. The second kappa shape index (κ2) is 3.70. The maximum atomic E-state index is 8.59. The standard InChI is InChI=1S/C8H14N2O/c1-7(2)10-3-4-11-8(5-9)6-10/h7-8H,3-4,6H2,1-2H3. The molecule has 1 fully saturated rings. The summed E-state index contributed by atoms with van der Waals surface area (Å²) in [5, 5.41) is 8.59. The van der Waals surface area contributed by atoms with Gasteiger partial charge in [0.2, 0.25) is 0 Å². The van der Waals surface area contributed by atoms with Crippen LogP contribution in [0.25, 0.3) is 0 Å². The molecule has 0 radical (unpaired) electrons. The zero-order valence-electron chi connectivity index (χ0n) is 7.08.